The molecule has 0 aliphatic heterocycles. The van der Waals surface area contributed by atoms with Crippen molar-refractivity contribution in [1.82, 2.24) is 5.16 Å². The summed E-state index contributed by atoms with van der Waals surface area (Å²) < 4.78 is 10.6. The summed E-state index contributed by atoms with van der Waals surface area (Å²) in [7, 11) is 1.63. The van der Waals surface area contributed by atoms with Gasteiger partial charge in [0.15, 0.2) is 5.76 Å². The highest BCUT2D eigenvalue weighted by atomic mass is 16.5. The largest absolute Gasteiger partial charge is 0.497 e. The molecule has 2 aromatic carbocycles. The minimum atomic E-state index is 0.639. The van der Waals surface area contributed by atoms with Gasteiger partial charge in [0.25, 0.3) is 0 Å². The van der Waals surface area contributed by atoms with Crippen LogP contribution in [-0.4, -0.2) is 18.6 Å². The summed E-state index contributed by atoms with van der Waals surface area (Å²) in [6.45, 7) is 1.87. The quantitative estimate of drug-likeness (QED) is 0.526. The van der Waals surface area contributed by atoms with Gasteiger partial charge in [-0.3, -0.25) is 4.79 Å². The molecular formula is C20H18N2O3. The number of allylic oxidation sites excluding steroid dienone is 1. The van der Waals surface area contributed by atoms with Crippen LogP contribution in [0.2, 0.25) is 0 Å². The Hall–Kier alpha value is -3.34. The molecule has 0 bridgehead atoms. The lowest BCUT2D eigenvalue weighted by Gasteiger charge is -2.13. The molecule has 0 spiro atoms. The van der Waals surface area contributed by atoms with Gasteiger partial charge >= 0.3 is 0 Å². The van der Waals surface area contributed by atoms with Crippen LogP contribution in [0.15, 0.2) is 59.1 Å². The van der Waals surface area contributed by atoms with Crippen LogP contribution >= 0.6 is 0 Å². The predicted molar refractivity (Wildman–Crippen MR) is 98.1 cm³/mol. The van der Waals surface area contributed by atoms with Crippen LogP contribution in [0, 0.1) is 6.92 Å². The molecule has 1 aromatic heterocycles. The molecule has 0 atom stereocenters. The van der Waals surface area contributed by atoms with Gasteiger partial charge < -0.3 is 14.6 Å². The van der Waals surface area contributed by atoms with E-state index in [9.17, 15) is 4.79 Å². The summed E-state index contributed by atoms with van der Waals surface area (Å²) in [5.74, 6) is 1.43. The van der Waals surface area contributed by atoms with Crippen LogP contribution in [-0.2, 0) is 4.79 Å². The van der Waals surface area contributed by atoms with E-state index in [2.05, 4.69) is 10.5 Å². The summed E-state index contributed by atoms with van der Waals surface area (Å²) in [4.78, 5) is 10.7. The average Bonchev–Trinajstić information content (AvgIpc) is 3.06. The molecular weight excluding hydrogens is 316 g/mol. The number of nitrogens with one attached hydrogen (secondary N) is 1. The smallest absolute Gasteiger partial charge is 0.169 e. The number of benzene rings is 2. The first-order valence-electron chi connectivity index (χ1n) is 7.81. The number of rotatable bonds is 6. The summed E-state index contributed by atoms with van der Waals surface area (Å²) in [6.07, 6.45) is 3.96. The first-order chi connectivity index (χ1) is 12.2. The van der Waals surface area contributed by atoms with Crippen molar-refractivity contribution in [3.05, 3.63) is 65.9 Å². The fraction of sp³-hybridized carbons (Fsp3) is 0.100. The second-order valence-corrected chi connectivity index (χ2v) is 5.45. The number of hydrogen-bond acceptors (Lipinski definition) is 5. The lowest BCUT2D eigenvalue weighted by atomic mass is 10.0. The van der Waals surface area contributed by atoms with Gasteiger partial charge in [-0.1, -0.05) is 23.4 Å². The van der Waals surface area contributed by atoms with Crippen molar-refractivity contribution in [2.75, 3.05) is 12.4 Å². The molecule has 0 saturated carbocycles. The topological polar surface area (TPSA) is 64.4 Å². The molecule has 5 nitrogen and oxygen atoms in total. The van der Waals surface area contributed by atoms with Gasteiger partial charge in [0.05, 0.1) is 24.1 Å². The number of aldehydes is 1. The molecule has 0 aliphatic rings. The maximum atomic E-state index is 10.7. The van der Waals surface area contributed by atoms with Gasteiger partial charge in [-0.2, -0.15) is 0 Å². The van der Waals surface area contributed by atoms with Crippen LogP contribution in [0.25, 0.3) is 17.4 Å². The molecule has 5 heteroatoms. The van der Waals surface area contributed by atoms with E-state index in [0.717, 1.165) is 40.2 Å². The van der Waals surface area contributed by atoms with E-state index in [-0.39, 0.29) is 0 Å². The molecule has 0 saturated heterocycles. The summed E-state index contributed by atoms with van der Waals surface area (Å²) in [5.41, 5.74) is 4.27. The van der Waals surface area contributed by atoms with E-state index in [1.165, 1.54) is 6.08 Å². The van der Waals surface area contributed by atoms with E-state index in [4.69, 9.17) is 9.26 Å². The number of hydrogen-bond donors (Lipinski definition) is 1. The molecule has 126 valence electrons. The normalized spacial score (nSPS) is 10.8. The number of carbonyl (C=O) groups is 1. The number of aryl methyl sites for hydroxylation is 1. The number of anilines is 2. The third-order valence-corrected chi connectivity index (χ3v) is 3.69. The minimum absolute atomic E-state index is 0.639. The highest BCUT2D eigenvalue weighted by molar-refractivity contribution is 5.88. The zero-order valence-electron chi connectivity index (χ0n) is 14.0. The molecule has 0 fully saturated rings. The molecule has 1 heterocycles. The number of methoxy groups -OCH3 is 1. The third kappa shape index (κ3) is 3.77. The van der Waals surface area contributed by atoms with Gasteiger partial charge in [0, 0.05) is 11.8 Å². The predicted octanol–water partition coefficient (Wildman–Crippen LogP) is 4.61. The zero-order chi connectivity index (χ0) is 17.6. The highest BCUT2D eigenvalue weighted by Gasteiger charge is 2.14. The first-order valence-corrected chi connectivity index (χ1v) is 7.81. The van der Waals surface area contributed by atoms with Crippen LogP contribution < -0.4 is 10.1 Å². The molecule has 1 N–H and O–H groups in total. The Bertz CT molecular complexity index is 896. The summed E-state index contributed by atoms with van der Waals surface area (Å²) in [6, 6.07) is 15.3. The van der Waals surface area contributed by atoms with E-state index < -0.39 is 0 Å². The van der Waals surface area contributed by atoms with Gasteiger partial charge in [0.2, 0.25) is 0 Å². The standard InChI is InChI=1S/C20H18N2O3/c1-14-13-19(25-22-14)20-15(6-4-12-23)5-3-7-18(20)21-16-8-10-17(24-2)11-9-16/h3-13,21H,1-2H3. The van der Waals surface area contributed by atoms with Crippen LogP contribution in [0.1, 0.15) is 11.3 Å². The Morgan fingerprint density at radius 1 is 1.16 bits per heavy atom. The van der Waals surface area contributed by atoms with E-state index in [1.807, 2.05) is 55.5 Å². The Kier molecular flexibility index (Phi) is 4.95. The van der Waals surface area contributed by atoms with Crippen molar-refractivity contribution in [2.45, 2.75) is 6.92 Å². The molecule has 3 rings (SSSR count). The number of aromatic nitrogens is 1. The number of carbonyl (C=O) groups excluding carboxylic acids is 1. The average molecular weight is 334 g/mol. The molecule has 0 unspecified atom stereocenters. The van der Waals surface area contributed by atoms with Crippen molar-refractivity contribution < 1.29 is 14.1 Å². The van der Waals surface area contributed by atoms with Gasteiger partial charge in [0.1, 0.15) is 12.0 Å². The first kappa shape index (κ1) is 16.5. The highest BCUT2D eigenvalue weighted by Crippen LogP contribution is 2.35. The Labute approximate surface area is 145 Å². The maximum Gasteiger partial charge on any atom is 0.169 e. The van der Waals surface area contributed by atoms with Crippen LogP contribution in [0.5, 0.6) is 5.75 Å². The SMILES string of the molecule is COc1ccc(Nc2cccc(C=CC=O)c2-c2cc(C)no2)cc1. The Morgan fingerprint density at radius 2 is 1.96 bits per heavy atom. The lowest BCUT2D eigenvalue weighted by Crippen LogP contribution is -1.95. The second-order valence-electron chi connectivity index (χ2n) is 5.45. The zero-order valence-corrected chi connectivity index (χ0v) is 14.0. The molecule has 0 radical (unpaired) electrons. The van der Waals surface area contributed by atoms with Gasteiger partial charge in [-0.05, 0) is 48.9 Å². The molecule has 0 aliphatic carbocycles. The van der Waals surface area contributed by atoms with Crippen molar-refractivity contribution in [1.29, 1.82) is 0 Å². The van der Waals surface area contributed by atoms with Crippen LogP contribution in [0.3, 0.4) is 0 Å². The summed E-state index contributed by atoms with van der Waals surface area (Å²) >= 11 is 0. The Morgan fingerprint density at radius 3 is 2.60 bits per heavy atom. The second kappa shape index (κ2) is 7.49. The monoisotopic (exact) mass is 334 g/mol. The van der Waals surface area contributed by atoms with Crippen LogP contribution in [0.4, 0.5) is 11.4 Å². The van der Waals surface area contributed by atoms with Gasteiger partial charge in [-0.15, -0.1) is 0 Å². The summed E-state index contributed by atoms with van der Waals surface area (Å²) in [5, 5.41) is 7.36. The van der Waals surface area contributed by atoms with E-state index >= 15 is 0 Å². The fourth-order valence-electron chi connectivity index (χ4n) is 2.54. The van der Waals surface area contributed by atoms with E-state index in [0.29, 0.717) is 5.76 Å². The minimum Gasteiger partial charge on any atom is -0.497 e. The van der Waals surface area contributed by atoms with Crippen molar-refractivity contribution in [2.24, 2.45) is 0 Å². The fourth-order valence-corrected chi connectivity index (χ4v) is 2.54. The molecule has 3 aromatic rings. The van der Waals surface area contributed by atoms with E-state index in [1.54, 1.807) is 13.2 Å². The van der Waals surface area contributed by atoms with Crippen molar-refractivity contribution in [3.63, 3.8) is 0 Å². The molecule has 0 amide bonds. The molecule has 25 heavy (non-hydrogen) atoms. The maximum absolute atomic E-state index is 10.7. The number of nitrogens with zero attached hydrogens (tertiary/aromatic N) is 1. The Balaban J connectivity index is 2.05. The third-order valence-electron chi connectivity index (χ3n) is 3.69. The van der Waals surface area contributed by atoms with Gasteiger partial charge in [-0.25, -0.2) is 0 Å². The van der Waals surface area contributed by atoms with Crippen molar-refractivity contribution >= 4 is 23.7 Å². The number of ether oxygens (including phenoxy) is 1. The lowest BCUT2D eigenvalue weighted by molar-refractivity contribution is -0.104. The van der Waals surface area contributed by atoms with Crippen molar-refractivity contribution in [3.8, 4) is 17.1 Å².